The van der Waals surface area contributed by atoms with E-state index in [4.69, 9.17) is 4.74 Å². The zero-order chi connectivity index (χ0) is 27.1. The summed E-state index contributed by atoms with van der Waals surface area (Å²) in [6, 6.07) is 17.5. The molecule has 1 unspecified atom stereocenters. The number of benzene rings is 2. The summed E-state index contributed by atoms with van der Waals surface area (Å²) in [6.45, 7) is 0.273. The van der Waals surface area contributed by atoms with Gasteiger partial charge in [-0.1, -0.05) is 42.5 Å². The quantitative estimate of drug-likeness (QED) is 0.311. The number of methoxy groups -OCH3 is 1. The fourth-order valence-corrected chi connectivity index (χ4v) is 4.02. The first kappa shape index (κ1) is 26.6. The van der Waals surface area contributed by atoms with Gasteiger partial charge < -0.3 is 19.4 Å². The first-order valence-corrected chi connectivity index (χ1v) is 11.8. The van der Waals surface area contributed by atoms with Gasteiger partial charge in [0.1, 0.15) is 23.1 Å². The van der Waals surface area contributed by atoms with Gasteiger partial charge in [-0.25, -0.2) is 14.8 Å². The SMILES string of the molecule is COC(=O)C(Cc1ccccc1)NC(=O)CCc1nc2cccnc2n1Cc1ccc(OC(F)(F)F)cc1. The average molecular weight is 527 g/mol. The zero-order valence-corrected chi connectivity index (χ0v) is 20.4. The number of aryl methyl sites for hydroxylation is 1. The van der Waals surface area contributed by atoms with E-state index in [1.54, 1.807) is 18.3 Å². The van der Waals surface area contributed by atoms with Crippen LogP contribution in [0.3, 0.4) is 0 Å². The highest BCUT2D eigenvalue weighted by Gasteiger charge is 2.31. The van der Waals surface area contributed by atoms with Crippen molar-refractivity contribution in [2.24, 2.45) is 0 Å². The Labute approximate surface area is 216 Å². The van der Waals surface area contributed by atoms with E-state index in [0.717, 1.165) is 5.56 Å². The number of esters is 1. The Balaban J connectivity index is 1.47. The molecule has 0 bridgehead atoms. The van der Waals surface area contributed by atoms with Crippen molar-refractivity contribution < 1.29 is 32.2 Å². The predicted molar refractivity (Wildman–Crippen MR) is 132 cm³/mol. The van der Waals surface area contributed by atoms with Crippen LogP contribution in [0.1, 0.15) is 23.4 Å². The predicted octanol–water partition coefficient (Wildman–Crippen LogP) is 4.21. The number of rotatable bonds is 10. The standard InChI is InChI=1S/C27H25F3N4O4/c1-37-26(36)22(16-18-6-3-2-4-7-18)33-24(35)14-13-23-32-21-8-5-15-31-25(21)34(23)17-19-9-11-20(12-10-19)38-27(28,29)30/h2-12,15,22H,13-14,16-17H2,1H3,(H,33,35). The molecule has 11 heteroatoms. The van der Waals surface area contributed by atoms with Crippen LogP contribution in [0.15, 0.2) is 72.9 Å². The number of halogens is 3. The largest absolute Gasteiger partial charge is 0.573 e. The van der Waals surface area contributed by atoms with Gasteiger partial charge in [0.2, 0.25) is 5.91 Å². The van der Waals surface area contributed by atoms with Gasteiger partial charge >= 0.3 is 12.3 Å². The number of hydrogen-bond donors (Lipinski definition) is 1. The van der Waals surface area contributed by atoms with Gasteiger partial charge in [0.25, 0.3) is 0 Å². The molecule has 0 aliphatic rings. The Kier molecular flexibility index (Phi) is 8.25. The molecule has 2 aromatic carbocycles. The topological polar surface area (TPSA) is 95.3 Å². The van der Waals surface area contributed by atoms with Gasteiger partial charge in [-0.2, -0.15) is 0 Å². The van der Waals surface area contributed by atoms with E-state index >= 15 is 0 Å². The van der Waals surface area contributed by atoms with Gasteiger partial charge in [-0.15, -0.1) is 13.2 Å². The third kappa shape index (κ3) is 7.09. The summed E-state index contributed by atoms with van der Waals surface area (Å²) in [5, 5.41) is 2.74. The van der Waals surface area contributed by atoms with E-state index in [1.165, 1.54) is 31.4 Å². The highest BCUT2D eigenvalue weighted by Crippen LogP contribution is 2.24. The lowest BCUT2D eigenvalue weighted by molar-refractivity contribution is -0.274. The van der Waals surface area contributed by atoms with Crippen molar-refractivity contribution in [2.45, 2.75) is 38.2 Å². The van der Waals surface area contributed by atoms with Crippen LogP contribution in [0, 0.1) is 0 Å². The van der Waals surface area contributed by atoms with Crippen LogP contribution in [-0.2, 0) is 33.7 Å². The number of nitrogens with one attached hydrogen (secondary N) is 1. The number of aromatic nitrogens is 3. The minimum atomic E-state index is -4.77. The van der Waals surface area contributed by atoms with Crippen molar-refractivity contribution in [1.82, 2.24) is 19.9 Å². The third-order valence-electron chi connectivity index (χ3n) is 5.76. The number of amides is 1. The Morgan fingerprint density at radius 1 is 1.00 bits per heavy atom. The van der Waals surface area contributed by atoms with Crippen molar-refractivity contribution in [3.05, 3.63) is 89.9 Å². The summed E-state index contributed by atoms with van der Waals surface area (Å²) in [4.78, 5) is 34.1. The number of carbonyl (C=O) groups is 2. The first-order chi connectivity index (χ1) is 18.2. The number of ether oxygens (including phenoxy) is 2. The van der Waals surface area contributed by atoms with Crippen molar-refractivity contribution in [1.29, 1.82) is 0 Å². The molecule has 1 amide bonds. The molecule has 38 heavy (non-hydrogen) atoms. The lowest BCUT2D eigenvalue weighted by Crippen LogP contribution is -2.43. The Morgan fingerprint density at radius 2 is 1.74 bits per heavy atom. The summed E-state index contributed by atoms with van der Waals surface area (Å²) in [7, 11) is 1.27. The first-order valence-electron chi connectivity index (χ1n) is 11.8. The van der Waals surface area contributed by atoms with E-state index < -0.39 is 18.4 Å². The molecule has 8 nitrogen and oxygen atoms in total. The normalized spacial score (nSPS) is 12.2. The van der Waals surface area contributed by atoms with Crippen molar-refractivity contribution in [2.75, 3.05) is 7.11 Å². The van der Waals surface area contributed by atoms with Crippen LogP contribution >= 0.6 is 0 Å². The molecule has 2 heterocycles. The molecule has 0 aliphatic heterocycles. The molecule has 4 rings (SSSR count). The second-order valence-electron chi connectivity index (χ2n) is 8.49. The molecule has 0 fully saturated rings. The van der Waals surface area contributed by atoms with Crippen molar-refractivity contribution in [3.63, 3.8) is 0 Å². The fraction of sp³-hybridized carbons (Fsp3) is 0.259. The minimum absolute atomic E-state index is 0.0456. The van der Waals surface area contributed by atoms with E-state index in [9.17, 15) is 22.8 Å². The molecular formula is C27H25F3N4O4. The number of fused-ring (bicyclic) bond motifs is 1. The molecule has 0 aliphatic carbocycles. The molecule has 198 valence electrons. The van der Waals surface area contributed by atoms with Gasteiger partial charge in [0.15, 0.2) is 5.65 Å². The van der Waals surface area contributed by atoms with Crippen LogP contribution in [0.25, 0.3) is 11.2 Å². The molecule has 4 aromatic rings. The van der Waals surface area contributed by atoms with Crippen LogP contribution in [0.2, 0.25) is 0 Å². The van der Waals surface area contributed by atoms with Crippen LogP contribution in [0.4, 0.5) is 13.2 Å². The van der Waals surface area contributed by atoms with Crippen LogP contribution < -0.4 is 10.1 Å². The van der Waals surface area contributed by atoms with Gasteiger partial charge in [0, 0.05) is 25.5 Å². The number of carbonyl (C=O) groups excluding carboxylic acids is 2. The Morgan fingerprint density at radius 3 is 2.42 bits per heavy atom. The van der Waals surface area contributed by atoms with Crippen molar-refractivity contribution >= 4 is 23.0 Å². The van der Waals surface area contributed by atoms with Gasteiger partial charge in [-0.3, -0.25) is 4.79 Å². The molecule has 0 spiro atoms. The highest BCUT2D eigenvalue weighted by atomic mass is 19.4. The summed E-state index contributed by atoms with van der Waals surface area (Å²) in [5.41, 5.74) is 2.78. The maximum Gasteiger partial charge on any atom is 0.573 e. The maximum absolute atomic E-state index is 12.8. The fourth-order valence-electron chi connectivity index (χ4n) is 4.02. The monoisotopic (exact) mass is 526 g/mol. The summed E-state index contributed by atoms with van der Waals surface area (Å²) in [5.74, 6) is -0.641. The summed E-state index contributed by atoms with van der Waals surface area (Å²) >= 11 is 0. The number of nitrogens with zero attached hydrogens (tertiary/aromatic N) is 3. The lowest BCUT2D eigenvalue weighted by atomic mass is 10.1. The zero-order valence-electron chi connectivity index (χ0n) is 20.4. The molecule has 0 saturated heterocycles. The van der Waals surface area contributed by atoms with Crippen molar-refractivity contribution in [3.8, 4) is 5.75 Å². The minimum Gasteiger partial charge on any atom is -0.467 e. The van der Waals surface area contributed by atoms with Gasteiger partial charge in [0.05, 0.1) is 13.7 Å². The van der Waals surface area contributed by atoms with E-state index in [1.807, 2.05) is 34.9 Å². The highest BCUT2D eigenvalue weighted by molar-refractivity contribution is 5.84. The molecule has 0 radical (unpaired) electrons. The van der Waals surface area contributed by atoms with E-state index in [0.29, 0.717) is 22.6 Å². The summed E-state index contributed by atoms with van der Waals surface area (Å²) in [6.07, 6.45) is -2.58. The average Bonchev–Trinajstić information content (AvgIpc) is 3.24. The second-order valence-corrected chi connectivity index (χ2v) is 8.49. The molecular weight excluding hydrogens is 501 g/mol. The smallest absolute Gasteiger partial charge is 0.467 e. The Hall–Kier alpha value is -4.41. The number of alkyl halides is 3. The Bertz CT molecular complexity index is 1390. The molecule has 1 N–H and O–H groups in total. The number of imidazole rings is 1. The lowest BCUT2D eigenvalue weighted by Gasteiger charge is -2.17. The van der Waals surface area contributed by atoms with E-state index in [2.05, 4.69) is 20.0 Å². The third-order valence-corrected chi connectivity index (χ3v) is 5.76. The summed E-state index contributed by atoms with van der Waals surface area (Å²) < 4.78 is 48.0. The van der Waals surface area contributed by atoms with Crippen LogP contribution in [0.5, 0.6) is 5.75 Å². The molecule has 1 atom stereocenters. The number of pyridine rings is 1. The van der Waals surface area contributed by atoms with E-state index in [-0.39, 0.29) is 37.5 Å². The van der Waals surface area contributed by atoms with Crippen LogP contribution in [-0.4, -0.2) is 45.9 Å². The number of hydrogen-bond acceptors (Lipinski definition) is 6. The molecule has 0 saturated carbocycles. The molecule has 2 aromatic heterocycles. The second kappa shape index (κ2) is 11.8. The van der Waals surface area contributed by atoms with Gasteiger partial charge in [-0.05, 0) is 35.4 Å². The maximum atomic E-state index is 12.8.